The molecule has 92 valence electrons. The average molecular weight is 258 g/mol. The van der Waals surface area contributed by atoms with Crippen molar-refractivity contribution in [2.24, 2.45) is 5.92 Å². The van der Waals surface area contributed by atoms with Gasteiger partial charge in [0.25, 0.3) is 0 Å². The van der Waals surface area contributed by atoms with E-state index in [1.54, 1.807) is 11.3 Å². The standard InChI is InChI=1S/C15H14O2S/c1-10-13(6-7-18-10)15(16)12-8-11-4-2-3-5-14(11)17-9-12/h2-7,12H,8-9H2,1H3. The molecule has 1 unspecified atom stereocenters. The van der Waals surface area contributed by atoms with Crippen LogP contribution in [0.2, 0.25) is 0 Å². The van der Waals surface area contributed by atoms with Crippen molar-refractivity contribution in [2.75, 3.05) is 6.61 Å². The van der Waals surface area contributed by atoms with Crippen LogP contribution >= 0.6 is 11.3 Å². The molecule has 1 aromatic heterocycles. The molecule has 0 saturated heterocycles. The lowest BCUT2D eigenvalue weighted by Crippen LogP contribution is -2.28. The molecule has 2 heterocycles. The normalized spacial score (nSPS) is 17.9. The van der Waals surface area contributed by atoms with Crippen molar-refractivity contribution in [1.29, 1.82) is 0 Å². The van der Waals surface area contributed by atoms with Crippen LogP contribution < -0.4 is 4.74 Å². The Morgan fingerprint density at radius 3 is 2.94 bits per heavy atom. The number of hydrogen-bond donors (Lipinski definition) is 0. The van der Waals surface area contributed by atoms with Crippen LogP contribution in [0.25, 0.3) is 0 Å². The van der Waals surface area contributed by atoms with Gasteiger partial charge in [0.2, 0.25) is 0 Å². The molecule has 1 aliphatic rings. The SMILES string of the molecule is Cc1sccc1C(=O)C1COc2ccccc2C1. The smallest absolute Gasteiger partial charge is 0.170 e. The molecular formula is C15H14O2S. The highest BCUT2D eigenvalue weighted by atomic mass is 32.1. The van der Waals surface area contributed by atoms with Crippen molar-refractivity contribution in [3.05, 3.63) is 51.7 Å². The van der Waals surface area contributed by atoms with Gasteiger partial charge in [-0.15, -0.1) is 11.3 Å². The Balaban J connectivity index is 1.84. The largest absolute Gasteiger partial charge is 0.493 e. The second-order valence-corrected chi connectivity index (χ2v) is 5.69. The Hall–Kier alpha value is -1.61. The third-order valence-electron chi connectivity index (χ3n) is 3.37. The number of carbonyl (C=O) groups is 1. The molecule has 1 aromatic carbocycles. The van der Waals surface area contributed by atoms with Gasteiger partial charge < -0.3 is 4.74 Å². The van der Waals surface area contributed by atoms with Crippen LogP contribution in [0.1, 0.15) is 20.8 Å². The highest BCUT2D eigenvalue weighted by molar-refractivity contribution is 7.10. The molecule has 18 heavy (non-hydrogen) atoms. The van der Waals surface area contributed by atoms with Crippen molar-refractivity contribution in [2.45, 2.75) is 13.3 Å². The summed E-state index contributed by atoms with van der Waals surface area (Å²) in [6, 6.07) is 9.87. The van der Waals surface area contributed by atoms with Gasteiger partial charge in [0.1, 0.15) is 5.75 Å². The van der Waals surface area contributed by atoms with Gasteiger partial charge in [-0.25, -0.2) is 0 Å². The second kappa shape index (κ2) is 4.58. The number of Topliss-reactive ketones (excluding diaryl/α,β-unsaturated/α-hetero) is 1. The van der Waals surface area contributed by atoms with Crippen molar-refractivity contribution < 1.29 is 9.53 Å². The third kappa shape index (κ3) is 1.95. The first-order valence-corrected chi connectivity index (χ1v) is 6.92. The topological polar surface area (TPSA) is 26.3 Å². The number of thiophene rings is 1. The molecule has 0 amide bonds. The molecule has 0 N–H and O–H groups in total. The van der Waals surface area contributed by atoms with E-state index in [9.17, 15) is 4.79 Å². The molecule has 1 atom stereocenters. The predicted molar refractivity (Wildman–Crippen MR) is 72.5 cm³/mol. The average Bonchev–Trinajstić information content (AvgIpc) is 2.83. The van der Waals surface area contributed by atoms with Gasteiger partial charge in [0.05, 0.1) is 12.5 Å². The van der Waals surface area contributed by atoms with Crippen molar-refractivity contribution in [3.63, 3.8) is 0 Å². The highest BCUT2D eigenvalue weighted by Gasteiger charge is 2.27. The first kappa shape index (κ1) is 11.5. The minimum Gasteiger partial charge on any atom is -0.493 e. The van der Waals surface area contributed by atoms with Crippen LogP contribution in [0.3, 0.4) is 0 Å². The summed E-state index contributed by atoms with van der Waals surface area (Å²) < 4.78 is 5.68. The number of rotatable bonds is 2. The molecule has 3 heteroatoms. The number of aryl methyl sites for hydroxylation is 1. The van der Waals surface area contributed by atoms with E-state index in [0.717, 1.165) is 28.2 Å². The number of fused-ring (bicyclic) bond motifs is 1. The van der Waals surface area contributed by atoms with E-state index in [1.807, 2.05) is 42.6 Å². The van der Waals surface area contributed by atoms with Crippen LogP contribution in [0, 0.1) is 12.8 Å². The zero-order chi connectivity index (χ0) is 12.5. The fourth-order valence-corrected chi connectivity index (χ4v) is 3.06. The molecule has 0 fully saturated rings. The number of hydrogen-bond acceptors (Lipinski definition) is 3. The molecule has 0 radical (unpaired) electrons. The number of ketones is 1. The zero-order valence-electron chi connectivity index (χ0n) is 10.2. The van der Waals surface area contributed by atoms with Gasteiger partial charge in [-0.3, -0.25) is 4.79 Å². The molecular weight excluding hydrogens is 244 g/mol. The summed E-state index contributed by atoms with van der Waals surface area (Å²) in [6.45, 7) is 2.49. The quantitative estimate of drug-likeness (QED) is 0.771. The summed E-state index contributed by atoms with van der Waals surface area (Å²) in [6.07, 6.45) is 0.782. The molecule has 0 aliphatic carbocycles. The third-order valence-corrected chi connectivity index (χ3v) is 4.22. The summed E-state index contributed by atoms with van der Waals surface area (Å²) in [5, 5.41) is 1.97. The van der Waals surface area contributed by atoms with E-state index >= 15 is 0 Å². The van der Waals surface area contributed by atoms with Gasteiger partial charge >= 0.3 is 0 Å². The Morgan fingerprint density at radius 1 is 1.33 bits per heavy atom. The van der Waals surface area contributed by atoms with E-state index in [0.29, 0.717) is 6.61 Å². The van der Waals surface area contributed by atoms with Gasteiger partial charge in [0.15, 0.2) is 5.78 Å². The summed E-state index contributed by atoms with van der Waals surface area (Å²) in [7, 11) is 0. The Morgan fingerprint density at radius 2 is 2.17 bits per heavy atom. The van der Waals surface area contributed by atoms with Crippen LogP contribution in [-0.4, -0.2) is 12.4 Å². The summed E-state index contributed by atoms with van der Waals surface area (Å²) >= 11 is 1.62. The second-order valence-electron chi connectivity index (χ2n) is 4.57. The van der Waals surface area contributed by atoms with Gasteiger partial charge in [-0.2, -0.15) is 0 Å². The fraction of sp³-hybridized carbons (Fsp3) is 0.267. The maximum absolute atomic E-state index is 12.4. The lowest BCUT2D eigenvalue weighted by Gasteiger charge is -2.24. The van der Waals surface area contributed by atoms with E-state index in [-0.39, 0.29) is 11.7 Å². The maximum atomic E-state index is 12.4. The number of benzene rings is 1. The number of carbonyl (C=O) groups excluding carboxylic acids is 1. The molecule has 0 bridgehead atoms. The number of para-hydroxylation sites is 1. The van der Waals surface area contributed by atoms with Crippen LogP contribution in [0.5, 0.6) is 5.75 Å². The minimum atomic E-state index is -0.0480. The molecule has 1 aliphatic heterocycles. The minimum absolute atomic E-state index is 0.0480. The van der Waals surface area contributed by atoms with Gasteiger partial charge in [-0.05, 0) is 36.4 Å². The molecule has 0 saturated carbocycles. The summed E-state index contributed by atoms with van der Waals surface area (Å²) in [5.74, 6) is 1.08. The fourth-order valence-electron chi connectivity index (χ4n) is 2.36. The van der Waals surface area contributed by atoms with E-state index in [2.05, 4.69) is 0 Å². The monoisotopic (exact) mass is 258 g/mol. The zero-order valence-corrected chi connectivity index (χ0v) is 11.0. The Labute approximate surface area is 110 Å². The first-order chi connectivity index (χ1) is 8.75. The van der Waals surface area contributed by atoms with Crippen molar-refractivity contribution in [1.82, 2.24) is 0 Å². The molecule has 2 aromatic rings. The van der Waals surface area contributed by atoms with E-state index in [4.69, 9.17) is 4.74 Å². The first-order valence-electron chi connectivity index (χ1n) is 6.04. The van der Waals surface area contributed by atoms with Crippen LogP contribution in [-0.2, 0) is 6.42 Å². The molecule has 3 rings (SSSR count). The lowest BCUT2D eigenvalue weighted by molar-refractivity contribution is 0.0855. The van der Waals surface area contributed by atoms with Crippen molar-refractivity contribution >= 4 is 17.1 Å². The predicted octanol–water partition coefficient (Wildman–Crippen LogP) is 3.49. The molecule has 2 nitrogen and oxygen atoms in total. The van der Waals surface area contributed by atoms with Gasteiger partial charge in [0, 0.05) is 10.4 Å². The lowest BCUT2D eigenvalue weighted by atomic mass is 9.90. The highest BCUT2D eigenvalue weighted by Crippen LogP contribution is 2.29. The maximum Gasteiger partial charge on any atom is 0.170 e. The Kier molecular flexibility index (Phi) is 2.92. The van der Waals surface area contributed by atoms with E-state index < -0.39 is 0 Å². The van der Waals surface area contributed by atoms with E-state index in [1.165, 1.54) is 0 Å². The molecule has 0 spiro atoms. The van der Waals surface area contributed by atoms with Crippen molar-refractivity contribution in [3.8, 4) is 5.75 Å². The summed E-state index contributed by atoms with van der Waals surface area (Å²) in [4.78, 5) is 13.5. The van der Waals surface area contributed by atoms with Gasteiger partial charge in [-0.1, -0.05) is 18.2 Å². The number of ether oxygens (including phenoxy) is 1. The summed E-state index contributed by atoms with van der Waals surface area (Å²) in [5.41, 5.74) is 1.99. The van der Waals surface area contributed by atoms with Crippen LogP contribution in [0.15, 0.2) is 35.7 Å². The Bertz CT molecular complexity index is 586. The van der Waals surface area contributed by atoms with Crippen LogP contribution in [0.4, 0.5) is 0 Å².